The maximum absolute atomic E-state index is 12.1. The van der Waals surface area contributed by atoms with Crippen LogP contribution in [0.5, 0.6) is 11.5 Å². The average molecular weight is 510 g/mol. The number of hydrogen-bond donors (Lipinski definition) is 1. The highest BCUT2D eigenvalue weighted by atomic mass is 35.5. The van der Waals surface area contributed by atoms with E-state index in [9.17, 15) is 4.79 Å². The molecule has 0 fully saturated rings. The third-order valence-electron chi connectivity index (χ3n) is 5.57. The lowest BCUT2D eigenvalue weighted by molar-refractivity contribution is -0.123. The van der Waals surface area contributed by atoms with E-state index in [0.717, 1.165) is 34.3 Å². The van der Waals surface area contributed by atoms with Gasteiger partial charge in [0, 0.05) is 56.3 Å². The molecule has 1 N–H and O–H groups in total. The van der Waals surface area contributed by atoms with E-state index in [1.54, 1.807) is 13.3 Å². The zero-order valence-electron chi connectivity index (χ0n) is 20.5. The maximum atomic E-state index is 12.1. The Bertz CT molecular complexity index is 1360. The Labute approximate surface area is 214 Å². The molecule has 4 aromatic rings. The normalized spacial score (nSPS) is 11.0. The highest BCUT2D eigenvalue weighted by Crippen LogP contribution is 2.34. The van der Waals surface area contributed by atoms with Crippen LogP contribution < -0.4 is 14.8 Å². The lowest BCUT2D eigenvalue weighted by atomic mass is 10.0. The van der Waals surface area contributed by atoms with Crippen molar-refractivity contribution in [2.45, 2.75) is 20.0 Å². The minimum atomic E-state index is -0.241. The number of pyridine rings is 2. The first kappa shape index (κ1) is 25.4. The van der Waals surface area contributed by atoms with E-state index in [2.05, 4.69) is 15.4 Å². The number of aryl methyl sites for hydroxylation is 2. The number of carbonyl (C=O) groups is 1. The van der Waals surface area contributed by atoms with Crippen LogP contribution in [-0.4, -0.2) is 52.5 Å². The molecule has 0 aliphatic heterocycles. The molecule has 188 valence electrons. The van der Waals surface area contributed by atoms with Gasteiger partial charge in [0.05, 0.1) is 22.5 Å². The first-order valence-electron chi connectivity index (χ1n) is 11.5. The van der Waals surface area contributed by atoms with E-state index in [4.69, 9.17) is 30.8 Å². The van der Waals surface area contributed by atoms with Crippen LogP contribution >= 0.6 is 11.6 Å². The van der Waals surface area contributed by atoms with Gasteiger partial charge in [-0.3, -0.25) is 14.5 Å². The summed E-state index contributed by atoms with van der Waals surface area (Å²) >= 11 is 6.42. The van der Waals surface area contributed by atoms with E-state index < -0.39 is 0 Å². The highest BCUT2D eigenvalue weighted by molar-refractivity contribution is 6.31. The van der Waals surface area contributed by atoms with Gasteiger partial charge < -0.3 is 19.5 Å². The molecule has 0 bridgehead atoms. The van der Waals surface area contributed by atoms with Gasteiger partial charge in [0.2, 0.25) is 0 Å². The SMILES string of the molecule is COCCCNC(=O)COc1cncc(Cl)c1COc1cccc2c(-c3ccnn3C)cc(C)nc12. The van der Waals surface area contributed by atoms with Gasteiger partial charge in [-0.2, -0.15) is 5.10 Å². The molecule has 3 heterocycles. The maximum Gasteiger partial charge on any atom is 0.257 e. The second kappa shape index (κ2) is 11.8. The Kier molecular flexibility index (Phi) is 8.35. The van der Waals surface area contributed by atoms with Crippen molar-refractivity contribution in [3.05, 3.63) is 65.2 Å². The summed E-state index contributed by atoms with van der Waals surface area (Å²) in [5.74, 6) is 0.748. The third-order valence-corrected chi connectivity index (χ3v) is 5.90. The van der Waals surface area contributed by atoms with E-state index in [1.807, 2.05) is 49.0 Å². The number of para-hydroxylation sites is 1. The number of hydrogen-bond acceptors (Lipinski definition) is 7. The number of fused-ring (bicyclic) bond motifs is 1. The lowest BCUT2D eigenvalue weighted by Gasteiger charge is -2.15. The summed E-state index contributed by atoms with van der Waals surface area (Å²) in [6, 6.07) is 9.81. The fourth-order valence-electron chi connectivity index (χ4n) is 3.81. The summed E-state index contributed by atoms with van der Waals surface area (Å²) in [6.07, 6.45) is 5.53. The van der Waals surface area contributed by atoms with Crippen molar-refractivity contribution in [1.29, 1.82) is 0 Å². The van der Waals surface area contributed by atoms with Crippen LogP contribution in [0.4, 0.5) is 0 Å². The van der Waals surface area contributed by atoms with Crippen LogP contribution in [-0.2, 0) is 23.2 Å². The van der Waals surface area contributed by atoms with Gasteiger partial charge in [0.25, 0.3) is 5.91 Å². The Balaban J connectivity index is 1.53. The average Bonchev–Trinajstić information content (AvgIpc) is 3.30. The number of aromatic nitrogens is 4. The molecule has 0 atom stereocenters. The molecule has 36 heavy (non-hydrogen) atoms. The molecule has 9 nitrogen and oxygen atoms in total. The van der Waals surface area contributed by atoms with Gasteiger partial charge in [-0.25, -0.2) is 4.98 Å². The molecule has 0 aliphatic carbocycles. The van der Waals surface area contributed by atoms with Crippen LogP contribution in [0.1, 0.15) is 17.7 Å². The Morgan fingerprint density at radius 1 is 1.17 bits per heavy atom. The lowest BCUT2D eigenvalue weighted by Crippen LogP contribution is -2.30. The predicted molar refractivity (Wildman–Crippen MR) is 137 cm³/mol. The first-order chi connectivity index (χ1) is 17.5. The summed E-state index contributed by atoms with van der Waals surface area (Å²) in [5, 5.41) is 8.41. The molecular formula is C26H28ClN5O4. The van der Waals surface area contributed by atoms with Crippen LogP contribution in [0.15, 0.2) is 48.9 Å². The fraction of sp³-hybridized carbons (Fsp3) is 0.308. The molecule has 0 spiro atoms. The number of amides is 1. The summed E-state index contributed by atoms with van der Waals surface area (Å²) in [6.45, 7) is 2.98. The molecule has 0 saturated heterocycles. The number of ether oxygens (including phenoxy) is 3. The van der Waals surface area contributed by atoms with Crippen molar-refractivity contribution in [2.75, 3.05) is 26.9 Å². The molecule has 10 heteroatoms. The summed E-state index contributed by atoms with van der Waals surface area (Å²) < 4.78 is 18.7. The van der Waals surface area contributed by atoms with E-state index in [1.165, 1.54) is 12.4 Å². The highest BCUT2D eigenvalue weighted by Gasteiger charge is 2.16. The Hall–Kier alpha value is -3.69. The van der Waals surface area contributed by atoms with Gasteiger partial charge in [-0.15, -0.1) is 0 Å². The molecular weight excluding hydrogens is 482 g/mol. The van der Waals surface area contributed by atoms with Crippen molar-refractivity contribution < 1.29 is 19.0 Å². The van der Waals surface area contributed by atoms with Crippen molar-refractivity contribution in [3.8, 4) is 22.8 Å². The molecule has 1 aromatic carbocycles. The fourth-order valence-corrected chi connectivity index (χ4v) is 4.02. The van der Waals surface area contributed by atoms with E-state index in [-0.39, 0.29) is 19.1 Å². The largest absolute Gasteiger partial charge is 0.486 e. The number of nitrogens with zero attached hydrogens (tertiary/aromatic N) is 4. The molecule has 0 aliphatic rings. The minimum Gasteiger partial charge on any atom is -0.486 e. The Morgan fingerprint density at radius 3 is 2.81 bits per heavy atom. The Morgan fingerprint density at radius 2 is 2.03 bits per heavy atom. The minimum absolute atomic E-state index is 0.113. The second-order valence-electron chi connectivity index (χ2n) is 8.18. The van der Waals surface area contributed by atoms with Crippen LogP contribution in [0.3, 0.4) is 0 Å². The van der Waals surface area contributed by atoms with Crippen LogP contribution in [0.25, 0.3) is 22.2 Å². The van der Waals surface area contributed by atoms with Crippen molar-refractivity contribution in [3.63, 3.8) is 0 Å². The predicted octanol–water partition coefficient (Wildman–Crippen LogP) is 4.10. The number of carbonyl (C=O) groups excluding carboxylic acids is 1. The number of methoxy groups -OCH3 is 1. The quantitative estimate of drug-likeness (QED) is 0.304. The van der Waals surface area contributed by atoms with Crippen LogP contribution in [0, 0.1) is 6.92 Å². The molecule has 0 saturated carbocycles. The van der Waals surface area contributed by atoms with Crippen molar-refractivity contribution >= 4 is 28.4 Å². The standard InChI is InChI=1S/C26H28ClN5O4/c1-17-12-19(22-8-10-30-32(22)2)18-6-4-7-23(26(18)31-17)35-15-20-21(27)13-28-14-24(20)36-16-25(33)29-9-5-11-34-3/h4,6-8,10,12-14H,5,9,11,15-16H2,1-3H3,(H,29,33). The number of halogens is 1. The summed E-state index contributed by atoms with van der Waals surface area (Å²) in [7, 11) is 3.53. The molecule has 0 radical (unpaired) electrons. The zero-order chi connectivity index (χ0) is 25.5. The molecule has 1 amide bonds. The van der Waals surface area contributed by atoms with Gasteiger partial charge in [-0.1, -0.05) is 23.7 Å². The first-order valence-corrected chi connectivity index (χ1v) is 11.9. The number of nitrogens with one attached hydrogen (secondary N) is 1. The zero-order valence-corrected chi connectivity index (χ0v) is 21.2. The van der Waals surface area contributed by atoms with E-state index in [0.29, 0.717) is 35.2 Å². The topological polar surface area (TPSA) is 100 Å². The van der Waals surface area contributed by atoms with E-state index >= 15 is 0 Å². The second-order valence-corrected chi connectivity index (χ2v) is 8.58. The monoisotopic (exact) mass is 509 g/mol. The van der Waals surface area contributed by atoms with Gasteiger partial charge in [-0.05, 0) is 31.5 Å². The third kappa shape index (κ3) is 5.92. The summed E-state index contributed by atoms with van der Waals surface area (Å²) in [5.41, 5.74) is 4.19. The van der Waals surface area contributed by atoms with Crippen LogP contribution in [0.2, 0.25) is 5.02 Å². The van der Waals surface area contributed by atoms with Gasteiger partial charge >= 0.3 is 0 Å². The number of benzene rings is 1. The summed E-state index contributed by atoms with van der Waals surface area (Å²) in [4.78, 5) is 20.9. The van der Waals surface area contributed by atoms with Gasteiger partial charge in [0.15, 0.2) is 6.61 Å². The van der Waals surface area contributed by atoms with Crippen molar-refractivity contribution in [1.82, 2.24) is 25.1 Å². The smallest absolute Gasteiger partial charge is 0.257 e. The molecule has 4 rings (SSSR count). The van der Waals surface area contributed by atoms with Gasteiger partial charge in [0.1, 0.15) is 23.6 Å². The molecule has 0 unspecified atom stereocenters. The number of rotatable bonds is 11. The van der Waals surface area contributed by atoms with Crippen molar-refractivity contribution in [2.24, 2.45) is 7.05 Å². The molecule has 3 aromatic heterocycles.